The normalized spacial score (nSPS) is 11.3. The predicted octanol–water partition coefficient (Wildman–Crippen LogP) is -1.91. The SMILES string of the molecule is CCN(CC(=O)NC)C(=O)N[C@H](CC(N)=O)C(=O)O. The van der Waals surface area contributed by atoms with Crippen molar-refractivity contribution in [1.82, 2.24) is 15.5 Å². The van der Waals surface area contributed by atoms with Gasteiger partial charge < -0.3 is 26.4 Å². The zero-order valence-corrected chi connectivity index (χ0v) is 10.8. The summed E-state index contributed by atoms with van der Waals surface area (Å²) in [4.78, 5) is 45.5. The fourth-order valence-electron chi connectivity index (χ4n) is 1.22. The fraction of sp³-hybridized carbons (Fsp3) is 0.600. The van der Waals surface area contributed by atoms with Crippen LogP contribution < -0.4 is 16.4 Å². The van der Waals surface area contributed by atoms with Gasteiger partial charge in [-0.05, 0) is 6.92 Å². The van der Waals surface area contributed by atoms with Crippen molar-refractivity contribution in [3.8, 4) is 0 Å². The van der Waals surface area contributed by atoms with Crippen molar-refractivity contribution in [2.75, 3.05) is 20.1 Å². The number of rotatable bonds is 7. The molecular weight excluding hydrogens is 256 g/mol. The highest BCUT2D eigenvalue weighted by molar-refractivity contribution is 5.89. The Hall–Kier alpha value is -2.32. The van der Waals surface area contributed by atoms with Gasteiger partial charge in [0.15, 0.2) is 0 Å². The van der Waals surface area contributed by atoms with Crippen LogP contribution in [0.15, 0.2) is 0 Å². The standard InChI is InChI=1S/C10H18N4O5/c1-3-14(5-8(16)12-2)10(19)13-6(9(17)18)4-7(11)15/h6H,3-5H2,1-2H3,(H2,11,15)(H,12,16)(H,13,19)(H,17,18)/t6-/m1/s1. The summed E-state index contributed by atoms with van der Waals surface area (Å²) in [5, 5.41) is 13.3. The molecule has 0 saturated carbocycles. The van der Waals surface area contributed by atoms with E-state index < -0.39 is 36.3 Å². The number of carbonyl (C=O) groups excluding carboxylic acids is 3. The molecule has 0 aliphatic rings. The molecule has 108 valence electrons. The van der Waals surface area contributed by atoms with Gasteiger partial charge in [0.1, 0.15) is 12.6 Å². The molecule has 0 radical (unpaired) electrons. The first-order valence-corrected chi connectivity index (χ1v) is 5.58. The molecule has 0 bridgehead atoms. The largest absolute Gasteiger partial charge is 0.480 e. The van der Waals surface area contributed by atoms with Crippen molar-refractivity contribution >= 4 is 23.8 Å². The highest BCUT2D eigenvalue weighted by Gasteiger charge is 2.25. The number of nitrogens with zero attached hydrogens (tertiary/aromatic N) is 1. The number of amides is 4. The lowest BCUT2D eigenvalue weighted by Crippen LogP contribution is -2.51. The van der Waals surface area contributed by atoms with Crippen molar-refractivity contribution in [2.24, 2.45) is 5.73 Å². The lowest BCUT2D eigenvalue weighted by molar-refractivity contribution is -0.140. The number of hydrogen-bond acceptors (Lipinski definition) is 4. The van der Waals surface area contributed by atoms with Crippen LogP contribution in [0.4, 0.5) is 4.79 Å². The van der Waals surface area contributed by atoms with E-state index in [1.807, 2.05) is 0 Å². The summed E-state index contributed by atoms with van der Waals surface area (Å²) in [7, 11) is 1.42. The van der Waals surface area contributed by atoms with E-state index in [1.54, 1.807) is 6.92 Å². The second-order valence-corrected chi connectivity index (χ2v) is 3.70. The Balaban J connectivity index is 4.63. The monoisotopic (exact) mass is 274 g/mol. The molecule has 1 atom stereocenters. The number of carboxylic acid groups (broad SMARTS) is 1. The van der Waals surface area contributed by atoms with E-state index in [2.05, 4.69) is 10.6 Å². The van der Waals surface area contributed by atoms with Gasteiger partial charge in [0.25, 0.3) is 0 Å². The van der Waals surface area contributed by atoms with Gasteiger partial charge in [0, 0.05) is 13.6 Å². The molecule has 0 fully saturated rings. The molecule has 0 rings (SSSR count). The Labute approximate surface area is 110 Å². The molecule has 0 aromatic heterocycles. The van der Waals surface area contributed by atoms with Gasteiger partial charge in [-0.1, -0.05) is 0 Å². The van der Waals surface area contributed by atoms with Crippen LogP contribution in [0.2, 0.25) is 0 Å². The number of aliphatic carboxylic acids is 1. The molecule has 0 heterocycles. The van der Waals surface area contributed by atoms with Crippen molar-refractivity contribution in [2.45, 2.75) is 19.4 Å². The van der Waals surface area contributed by atoms with E-state index in [0.29, 0.717) is 0 Å². The average Bonchev–Trinajstić information content (AvgIpc) is 2.33. The highest BCUT2D eigenvalue weighted by Crippen LogP contribution is 1.96. The smallest absolute Gasteiger partial charge is 0.326 e. The zero-order valence-electron chi connectivity index (χ0n) is 10.8. The van der Waals surface area contributed by atoms with Gasteiger partial charge in [-0.3, -0.25) is 9.59 Å². The number of hydrogen-bond donors (Lipinski definition) is 4. The van der Waals surface area contributed by atoms with E-state index in [9.17, 15) is 19.2 Å². The predicted molar refractivity (Wildman–Crippen MR) is 65.1 cm³/mol. The van der Waals surface area contributed by atoms with Crippen molar-refractivity contribution in [1.29, 1.82) is 0 Å². The molecule has 0 unspecified atom stereocenters. The Morgan fingerprint density at radius 1 is 1.32 bits per heavy atom. The minimum Gasteiger partial charge on any atom is -0.480 e. The minimum absolute atomic E-state index is 0.207. The average molecular weight is 274 g/mol. The van der Waals surface area contributed by atoms with Crippen LogP contribution in [-0.2, 0) is 14.4 Å². The lowest BCUT2D eigenvalue weighted by atomic mass is 10.2. The van der Waals surface area contributed by atoms with Crippen LogP contribution in [0.5, 0.6) is 0 Å². The maximum absolute atomic E-state index is 11.7. The van der Waals surface area contributed by atoms with Crippen LogP contribution in [0.1, 0.15) is 13.3 Å². The molecule has 0 aliphatic heterocycles. The summed E-state index contributed by atoms with van der Waals surface area (Å²) in [6.45, 7) is 1.64. The number of nitrogens with one attached hydrogen (secondary N) is 2. The third-order valence-electron chi connectivity index (χ3n) is 2.28. The van der Waals surface area contributed by atoms with Crippen molar-refractivity contribution < 1.29 is 24.3 Å². The highest BCUT2D eigenvalue weighted by atomic mass is 16.4. The summed E-state index contributed by atoms with van der Waals surface area (Å²) in [6.07, 6.45) is -0.515. The Kier molecular flexibility index (Phi) is 6.94. The second kappa shape index (κ2) is 7.90. The van der Waals surface area contributed by atoms with E-state index in [4.69, 9.17) is 10.8 Å². The summed E-state index contributed by atoms with van der Waals surface area (Å²) in [6, 6.07) is -2.16. The molecule has 0 aromatic rings. The number of primary amides is 1. The second-order valence-electron chi connectivity index (χ2n) is 3.70. The van der Waals surface area contributed by atoms with Gasteiger partial charge in [-0.2, -0.15) is 0 Å². The minimum atomic E-state index is -1.41. The van der Waals surface area contributed by atoms with Gasteiger partial charge >= 0.3 is 12.0 Å². The topological polar surface area (TPSA) is 142 Å². The first-order valence-electron chi connectivity index (χ1n) is 5.58. The number of carbonyl (C=O) groups is 4. The third kappa shape index (κ3) is 6.24. The third-order valence-corrected chi connectivity index (χ3v) is 2.28. The fourth-order valence-corrected chi connectivity index (χ4v) is 1.22. The zero-order chi connectivity index (χ0) is 15.0. The lowest BCUT2D eigenvalue weighted by Gasteiger charge is -2.22. The molecule has 0 saturated heterocycles. The number of urea groups is 1. The summed E-state index contributed by atoms with van der Waals surface area (Å²) >= 11 is 0. The van der Waals surface area contributed by atoms with E-state index in [0.717, 1.165) is 4.90 Å². The van der Waals surface area contributed by atoms with E-state index in [-0.39, 0.29) is 13.1 Å². The maximum Gasteiger partial charge on any atom is 0.326 e. The first-order chi connectivity index (χ1) is 8.81. The van der Waals surface area contributed by atoms with Gasteiger partial charge in [-0.15, -0.1) is 0 Å². The molecule has 9 nitrogen and oxygen atoms in total. The summed E-state index contributed by atoms with van der Waals surface area (Å²) in [5.41, 5.74) is 4.89. The summed E-state index contributed by atoms with van der Waals surface area (Å²) in [5.74, 6) is -2.61. The van der Waals surface area contributed by atoms with Crippen LogP contribution in [0.25, 0.3) is 0 Å². The Morgan fingerprint density at radius 3 is 2.26 bits per heavy atom. The Bertz CT molecular complexity index is 371. The van der Waals surface area contributed by atoms with Crippen molar-refractivity contribution in [3.63, 3.8) is 0 Å². The number of nitrogens with two attached hydrogens (primary N) is 1. The van der Waals surface area contributed by atoms with Gasteiger partial charge in [0.2, 0.25) is 11.8 Å². The van der Waals surface area contributed by atoms with Gasteiger partial charge in [-0.25, -0.2) is 9.59 Å². The molecule has 9 heteroatoms. The molecule has 4 amide bonds. The van der Waals surface area contributed by atoms with Crippen LogP contribution in [-0.4, -0.2) is 60.0 Å². The Morgan fingerprint density at radius 2 is 1.89 bits per heavy atom. The molecule has 0 aromatic carbocycles. The number of likely N-dealkylation sites (N-methyl/N-ethyl adjacent to an activating group) is 2. The van der Waals surface area contributed by atoms with Crippen molar-refractivity contribution in [3.05, 3.63) is 0 Å². The molecule has 0 spiro atoms. The van der Waals surface area contributed by atoms with Crippen LogP contribution in [0, 0.1) is 0 Å². The first kappa shape index (κ1) is 16.7. The van der Waals surface area contributed by atoms with Crippen LogP contribution in [0.3, 0.4) is 0 Å². The summed E-state index contributed by atoms with van der Waals surface area (Å²) < 4.78 is 0. The molecular formula is C10H18N4O5. The quantitative estimate of drug-likeness (QED) is 0.428. The number of carboxylic acids is 1. The molecule has 19 heavy (non-hydrogen) atoms. The van der Waals surface area contributed by atoms with E-state index >= 15 is 0 Å². The molecule has 0 aliphatic carbocycles. The van der Waals surface area contributed by atoms with Gasteiger partial charge in [0.05, 0.1) is 6.42 Å². The maximum atomic E-state index is 11.7. The van der Waals surface area contributed by atoms with Crippen LogP contribution >= 0.6 is 0 Å². The molecule has 5 N–H and O–H groups in total. The van der Waals surface area contributed by atoms with E-state index in [1.165, 1.54) is 7.05 Å².